The van der Waals surface area contributed by atoms with Gasteiger partial charge in [-0.25, -0.2) is 0 Å². The van der Waals surface area contributed by atoms with Crippen molar-refractivity contribution in [3.05, 3.63) is 28.7 Å². The van der Waals surface area contributed by atoms with Crippen LogP contribution in [-0.2, 0) is 4.79 Å². The summed E-state index contributed by atoms with van der Waals surface area (Å²) in [7, 11) is 0. The number of anilines is 1. The van der Waals surface area contributed by atoms with E-state index in [-0.39, 0.29) is 5.91 Å². The van der Waals surface area contributed by atoms with Gasteiger partial charge in [-0.1, -0.05) is 19.1 Å². The van der Waals surface area contributed by atoms with Crippen molar-refractivity contribution >= 4 is 27.5 Å². The van der Waals surface area contributed by atoms with Crippen molar-refractivity contribution in [1.82, 2.24) is 5.32 Å². The van der Waals surface area contributed by atoms with Crippen LogP contribution in [0.2, 0.25) is 0 Å². The van der Waals surface area contributed by atoms with Crippen LogP contribution in [0.5, 0.6) is 0 Å². The minimum atomic E-state index is 0.0106. The maximum atomic E-state index is 11.7. The Bertz CT molecular complexity index is 402. The molecule has 0 radical (unpaired) electrons. The molecular weight excluding hydrogens is 280 g/mol. The van der Waals surface area contributed by atoms with E-state index in [1.54, 1.807) is 0 Å². The highest BCUT2D eigenvalue weighted by atomic mass is 79.9. The average molecular weight is 297 g/mol. The molecular formula is C13H17BrN2O. The molecule has 3 nitrogen and oxygen atoms in total. The second-order valence-corrected chi connectivity index (χ2v) is 5.54. The molecule has 0 aromatic heterocycles. The van der Waals surface area contributed by atoms with E-state index in [2.05, 4.69) is 33.5 Å². The second kappa shape index (κ2) is 5.65. The Labute approximate surface area is 110 Å². The van der Waals surface area contributed by atoms with Crippen LogP contribution >= 0.6 is 15.9 Å². The molecule has 1 aliphatic carbocycles. The fourth-order valence-electron chi connectivity index (χ4n) is 2.06. The van der Waals surface area contributed by atoms with Crippen LogP contribution in [0.3, 0.4) is 0 Å². The van der Waals surface area contributed by atoms with Crippen molar-refractivity contribution in [2.45, 2.75) is 25.8 Å². The molecule has 1 amide bonds. The highest BCUT2D eigenvalue weighted by Crippen LogP contribution is 2.26. The smallest absolute Gasteiger partial charge is 0.238 e. The number of nitrogens with one attached hydrogen (secondary N) is 2. The van der Waals surface area contributed by atoms with E-state index in [1.807, 2.05) is 24.3 Å². The van der Waals surface area contributed by atoms with E-state index in [0.29, 0.717) is 12.6 Å². The van der Waals surface area contributed by atoms with Gasteiger partial charge in [0, 0.05) is 10.5 Å². The molecule has 1 saturated carbocycles. The van der Waals surface area contributed by atoms with Crippen molar-refractivity contribution in [2.75, 3.05) is 11.9 Å². The van der Waals surface area contributed by atoms with Crippen molar-refractivity contribution in [3.8, 4) is 0 Å². The van der Waals surface area contributed by atoms with E-state index in [1.165, 1.54) is 12.8 Å². The highest BCUT2D eigenvalue weighted by molar-refractivity contribution is 9.10. The zero-order chi connectivity index (χ0) is 12.3. The summed E-state index contributed by atoms with van der Waals surface area (Å²) in [6, 6.07) is 8.15. The summed E-state index contributed by atoms with van der Waals surface area (Å²) in [6.07, 6.45) is 2.37. The summed E-state index contributed by atoms with van der Waals surface area (Å²) in [5.74, 6) is 0.815. The molecule has 1 aromatic rings. The highest BCUT2D eigenvalue weighted by Gasteiger charge is 2.24. The van der Waals surface area contributed by atoms with Crippen LogP contribution in [0.4, 0.5) is 5.69 Å². The Kier molecular flexibility index (Phi) is 4.18. The number of para-hydroxylation sites is 1. The maximum Gasteiger partial charge on any atom is 0.238 e. The third-order valence-electron chi connectivity index (χ3n) is 3.07. The van der Waals surface area contributed by atoms with Crippen LogP contribution in [0.1, 0.15) is 19.8 Å². The van der Waals surface area contributed by atoms with Gasteiger partial charge in [-0.3, -0.25) is 4.79 Å². The first-order valence-electron chi connectivity index (χ1n) is 5.93. The van der Waals surface area contributed by atoms with Gasteiger partial charge in [-0.15, -0.1) is 0 Å². The molecule has 92 valence electrons. The SMILES string of the molecule is CC1CC(NCC(=O)Nc2ccccc2Br)C1. The van der Waals surface area contributed by atoms with Gasteiger partial charge in [-0.05, 0) is 46.8 Å². The monoisotopic (exact) mass is 296 g/mol. The Balaban J connectivity index is 1.76. The number of hydrogen-bond acceptors (Lipinski definition) is 2. The van der Waals surface area contributed by atoms with Crippen LogP contribution in [0.15, 0.2) is 28.7 Å². The summed E-state index contributed by atoms with van der Waals surface area (Å²) >= 11 is 3.40. The minimum absolute atomic E-state index is 0.0106. The van der Waals surface area contributed by atoms with Crippen molar-refractivity contribution < 1.29 is 4.79 Å². The molecule has 1 aliphatic rings. The summed E-state index contributed by atoms with van der Waals surface area (Å²) in [5.41, 5.74) is 0.821. The fourth-order valence-corrected chi connectivity index (χ4v) is 2.45. The van der Waals surface area contributed by atoms with Gasteiger partial charge in [0.25, 0.3) is 0 Å². The molecule has 0 atom stereocenters. The molecule has 0 unspecified atom stereocenters. The lowest BCUT2D eigenvalue weighted by molar-refractivity contribution is -0.115. The number of carbonyl (C=O) groups excluding carboxylic acids is 1. The van der Waals surface area contributed by atoms with Gasteiger partial charge in [0.2, 0.25) is 5.91 Å². The number of rotatable bonds is 4. The lowest BCUT2D eigenvalue weighted by Crippen LogP contribution is -2.43. The molecule has 1 aromatic carbocycles. The van der Waals surface area contributed by atoms with E-state index >= 15 is 0 Å². The lowest BCUT2D eigenvalue weighted by Gasteiger charge is -2.33. The molecule has 0 saturated heterocycles. The Morgan fingerprint density at radius 3 is 2.76 bits per heavy atom. The average Bonchev–Trinajstić information content (AvgIpc) is 2.26. The summed E-state index contributed by atoms with van der Waals surface area (Å²) in [6.45, 7) is 2.62. The molecule has 1 fully saturated rings. The first-order chi connectivity index (χ1) is 8.15. The quantitative estimate of drug-likeness (QED) is 0.897. The standard InChI is InChI=1S/C13H17BrN2O/c1-9-6-10(7-9)15-8-13(17)16-12-5-3-2-4-11(12)14/h2-5,9-10,15H,6-8H2,1H3,(H,16,17). The predicted octanol–water partition coefficient (Wildman–Crippen LogP) is 2.78. The molecule has 0 aliphatic heterocycles. The van der Waals surface area contributed by atoms with E-state index < -0.39 is 0 Å². The molecule has 4 heteroatoms. The molecule has 17 heavy (non-hydrogen) atoms. The topological polar surface area (TPSA) is 41.1 Å². The van der Waals surface area contributed by atoms with Crippen LogP contribution < -0.4 is 10.6 Å². The number of hydrogen-bond donors (Lipinski definition) is 2. The predicted molar refractivity (Wildman–Crippen MR) is 73.0 cm³/mol. The van der Waals surface area contributed by atoms with Gasteiger partial charge >= 0.3 is 0 Å². The van der Waals surface area contributed by atoms with Crippen molar-refractivity contribution in [1.29, 1.82) is 0 Å². The zero-order valence-electron chi connectivity index (χ0n) is 9.87. The normalized spacial score (nSPS) is 22.9. The van der Waals surface area contributed by atoms with E-state index in [9.17, 15) is 4.79 Å². The summed E-state index contributed by atoms with van der Waals surface area (Å²) in [5, 5.41) is 6.14. The van der Waals surface area contributed by atoms with E-state index in [0.717, 1.165) is 16.1 Å². The van der Waals surface area contributed by atoms with Gasteiger partial charge in [0.15, 0.2) is 0 Å². The Morgan fingerprint density at radius 1 is 1.41 bits per heavy atom. The fraction of sp³-hybridized carbons (Fsp3) is 0.462. The number of carbonyl (C=O) groups is 1. The number of amides is 1. The van der Waals surface area contributed by atoms with Crippen molar-refractivity contribution in [3.63, 3.8) is 0 Å². The van der Waals surface area contributed by atoms with Gasteiger partial charge in [-0.2, -0.15) is 0 Å². The van der Waals surface area contributed by atoms with Gasteiger partial charge < -0.3 is 10.6 Å². The van der Waals surface area contributed by atoms with E-state index in [4.69, 9.17) is 0 Å². The second-order valence-electron chi connectivity index (χ2n) is 4.68. The Hall–Kier alpha value is -0.870. The number of halogens is 1. The van der Waals surface area contributed by atoms with Crippen LogP contribution in [-0.4, -0.2) is 18.5 Å². The molecule has 2 N–H and O–H groups in total. The molecule has 0 heterocycles. The zero-order valence-corrected chi connectivity index (χ0v) is 11.5. The van der Waals surface area contributed by atoms with Gasteiger partial charge in [0.1, 0.15) is 0 Å². The largest absolute Gasteiger partial charge is 0.324 e. The lowest BCUT2D eigenvalue weighted by atomic mass is 9.82. The van der Waals surface area contributed by atoms with Crippen molar-refractivity contribution in [2.24, 2.45) is 5.92 Å². The Morgan fingerprint density at radius 2 is 2.12 bits per heavy atom. The van der Waals surface area contributed by atoms with Crippen LogP contribution in [0, 0.1) is 5.92 Å². The van der Waals surface area contributed by atoms with Gasteiger partial charge in [0.05, 0.1) is 12.2 Å². The first kappa shape index (κ1) is 12.6. The van der Waals surface area contributed by atoms with Crippen LogP contribution in [0.25, 0.3) is 0 Å². The molecule has 0 spiro atoms. The number of benzene rings is 1. The molecule has 0 bridgehead atoms. The third kappa shape index (κ3) is 3.54. The first-order valence-corrected chi connectivity index (χ1v) is 6.72. The summed E-state index contributed by atoms with van der Waals surface area (Å²) < 4.78 is 0.908. The molecule has 2 rings (SSSR count). The third-order valence-corrected chi connectivity index (χ3v) is 3.76. The summed E-state index contributed by atoms with van der Waals surface area (Å²) in [4.78, 5) is 11.7. The minimum Gasteiger partial charge on any atom is -0.324 e. The maximum absolute atomic E-state index is 11.7.